The van der Waals surface area contributed by atoms with E-state index in [1.165, 1.54) is 5.57 Å². The second-order valence-corrected chi connectivity index (χ2v) is 6.21. The molecule has 0 unspecified atom stereocenters. The molecular formula is C17H18F3N5O2. The number of amides is 1. The smallest absolute Gasteiger partial charge is 0.352 e. The van der Waals surface area contributed by atoms with E-state index in [4.69, 9.17) is 0 Å². The van der Waals surface area contributed by atoms with Gasteiger partial charge in [-0.1, -0.05) is 11.6 Å². The Morgan fingerprint density at radius 3 is 2.74 bits per heavy atom. The summed E-state index contributed by atoms with van der Waals surface area (Å²) >= 11 is 0. The molecule has 27 heavy (non-hydrogen) atoms. The predicted octanol–water partition coefficient (Wildman–Crippen LogP) is 2.59. The lowest BCUT2D eigenvalue weighted by atomic mass is 9.97. The van der Waals surface area contributed by atoms with Gasteiger partial charge in [0.2, 0.25) is 0 Å². The molecule has 0 aliphatic heterocycles. The van der Waals surface area contributed by atoms with Crippen LogP contribution in [0.4, 0.5) is 13.2 Å². The maximum atomic E-state index is 13.5. The molecular weight excluding hydrogens is 363 g/mol. The maximum absolute atomic E-state index is 13.5. The Bertz CT molecular complexity index is 894. The van der Waals surface area contributed by atoms with Crippen molar-refractivity contribution in [1.29, 1.82) is 0 Å². The summed E-state index contributed by atoms with van der Waals surface area (Å²) in [7, 11) is 0. The molecule has 3 rings (SSSR count). The molecule has 0 saturated heterocycles. The normalized spacial score (nSPS) is 14.7. The first-order valence-corrected chi connectivity index (χ1v) is 8.53. The molecule has 1 aliphatic rings. The quantitative estimate of drug-likeness (QED) is 0.779. The van der Waals surface area contributed by atoms with Crippen LogP contribution in [0, 0.1) is 0 Å². The third-order valence-electron chi connectivity index (χ3n) is 4.28. The number of allylic oxidation sites excluding steroid dienone is 1. The second kappa shape index (κ2) is 7.77. The Balaban J connectivity index is 1.80. The predicted molar refractivity (Wildman–Crippen MR) is 90.5 cm³/mol. The second-order valence-electron chi connectivity index (χ2n) is 6.21. The highest BCUT2D eigenvalue weighted by molar-refractivity contribution is 5.95. The maximum Gasteiger partial charge on any atom is 0.434 e. The van der Waals surface area contributed by atoms with Gasteiger partial charge in [-0.25, -0.2) is 9.78 Å². The first kappa shape index (κ1) is 18.9. The minimum Gasteiger partial charge on any atom is -0.352 e. The van der Waals surface area contributed by atoms with Crippen molar-refractivity contribution in [3.05, 3.63) is 51.6 Å². The van der Waals surface area contributed by atoms with E-state index in [0.29, 0.717) is 11.1 Å². The van der Waals surface area contributed by atoms with Crippen LogP contribution in [-0.4, -0.2) is 32.4 Å². The van der Waals surface area contributed by atoms with Crippen LogP contribution < -0.4 is 10.9 Å². The molecule has 2 aromatic heterocycles. The summed E-state index contributed by atoms with van der Waals surface area (Å²) in [5, 5.41) is 11.8. The monoisotopic (exact) mass is 381 g/mol. The molecule has 2 N–H and O–H groups in total. The lowest BCUT2D eigenvalue weighted by Gasteiger charge is -2.14. The molecule has 2 aromatic rings. The van der Waals surface area contributed by atoms with Gasteiger partial charge in [0.1, 0.15) is 0 Å². The van der Waals surface area contributed by atoms with Gasteiger partial charge in [-0.15, -0.1) is 0 Å². The van der Waals surface area contributed by atoms with Crippen molar-refractivity contribution >= 4 is 5.91 Å². The third kappa shape index (κ3) is 4.44. The number of rotatable bonds is 5. The lowest BCUT2D eigenvalue weighted by molar-refractivity contribution is -0.143. The van der Waals surface area contributed by atoms with Crippen molar-refractivity contribution in [2.45, 2.75) is 38.3 Å². The van der Waals surface area contributed by atoms with E-state index >= 15 is 0 Å². The van der Waals surface area contributed by atoms with E-state index in [2.05, 4.69) is 21.6 Å². The van der Waals surface area contributed by atoms with E-state index < -0.39 is 28.9 Å². The molecule has 0 spiro atoms. The Labute approximate surface area is 152 Å². The van der Waals surface area contributed by atoms with Crippen molar-refractivity contribution in [2.75, 3.05) is 6.54 Å². The number of hydrogen-bond donors (Lipinski definition) is 2. The van der Waals surface area contributed by atoms with E-state index in [0.717, 1.165) is 44.0 Å². The van der Waals surface area contributed by atoms with E-state index in [-0.39, 0.29) is 12.4 Å². The van der Waals surface area contributed by atoms with Crippen LogP contribution in [0.1, 0.15) is 48.2 Å². The van der Waals surface area contributed by atoms with Crippen LogP contribution in [0.25, 0.3) is 5.82 Å². The standard InChI is InChI=1S/C17H18F3N5O2/c18-17(19,20)15-12(10-22-25(15)13-6-7-14(26)24-23-13)16(27)21-9-8-11-4-2-1-3-5-11/h4,6-7,10H,1-3,5,8-9H2,(H,21,27)(H,24,26). The van der Waals surface area contributed by atoms with Gasteiger partial charge in [-0.2, -0.15) is 23.4 Å². The van der Waals surface area contributed by atoms with Crippen LogP contribution in [-0.2, 0) is 6.18 Å². The molecule has 0 fully saturated rings. The molecule has 7 nitrogen and oxygen atoms in total. The SMILES string of the molecule is O=C(NCCC1=CCCCC1)c1cnn(-c2ccc(=O)[nH]n2)c1C(F)(F)F. The molecule has 10 heteroatoms. The fraction of sp³-hybridized carbons (Fsp3) is 0.412. The van der Waals surface area contributed by atoms with Gasteiger partial charge in [0.25, 0.3) is 11.5 Å². The molecule has 2 heterocycles. The Morgan fingerprint density at radius 1 is 1.30 bits per heavy atom. The van der Waals surface area contributed by atoms with Gasteiger partial charge < -0.3 is 5.32 Å². The zero-order chi connectivity index (χ0) is 19.4. The Hall–Kier alpha value is -2.91. The van der Waals surface area contributed by atoms with Crippen molar-refractivity contribution in [3.8, 4) is 5.82 Å². The van der Waals surface area contributed by atoms with Crippen LogP contribution in [0.2, 0.25) is 0 Å². The average molecular weight is 381 g/mol. The van der Waals surface area contributed by atoms with E-state index in [9.17, 15) is 22.8 Å². The van der Waals surface area contributed by atoms with Crippen LogP contribution in [0.3, 0.4) is 0 Å². The molecule has 1 amide bonds. The summed E-state index contributed by atoms with van der Waals surface area (Å²) in [6, 6.07) is 2.13. The highest BCUT2D eigenvalue weighted by atomic mass is 19.4. The number of alkyl halides is 3. The molecule has 0 saturated carbocycles. The Morgan fingerprint density at radius 2 is 2.11 bits per heavy atom. The Kier molecular flexibility index (Phi) is 5.43. The first-order chi connectivity index (χ1) is 12.9. The van der Waals surface area contributed by atoms with Crippen molar-refractivity contribution in [1.82, 2.24) is 25.3 Å². The summed E-state index contributed by atoms with van der Waals surface area (Å²) < 4.78 is 41.1. The number of nitrogens with one attached hydrogen (secondary N) is 2. The zero-order valence-electron chi connectivity index (χ0n) is 14.3. The van der Waals surface area contributed by atoms with Gasteiger partial charge in [0.05, 0.1) is 11.8 Å². The van der Waals surface area contributed by atoms with Crippen LogP contribution >= 0.6 is 0 Å². The van der Waals surface area contributed by atoms with Crippen molar-refractivity contribution in [2.24, 2.45) is 0 Å². The molecule has 1 aliphatic carbocycles. The van der Waals surface area contributed by atoms with Crippen molar-refractivity contribution < 1.29 is 18.0 Å². The van der Waals surface area contributed by atoms with Gasteiger partial charge in [0.15, 0.2) is 11.5 Å². The molecule has 144 valence electrons. The largest absolute Gasteiger partial charge is 0.434 e. The summed E-state index contributed by atoms with van der Waals surface area (Å²) in [6.07, 6.45) is 2.96. The van der Waals surface area contributed by atoms with Gasteiger partial charge in [-0.05, 0) is 38.2 Å². The topological polar surface area (TPSA) is 92.7 Å². The number of carbonyl (C=O) groups is 1. The molecule has 0 atom stereocenters. The average Bonchev–Trinajstić information content (AvgIpc) is 3.09. The summed E-state index contributed by atoms with van der Waals surface area (Å²) in [6.45, 7) is 0.254. The summed E-state index contributed by atoms with van der Waals surface area (Å²) in [5.41, 5.74) is -1.18. The number of aromatic amines is 1. The molecule has 0 aromatic carbocycles. The van der Waals surface area contributed by atoms with Crippen LogP contribution in [0.5, 0.6) is 0 Å². The minimum atomic E-state index is -4.83. The van der Waals surface area contributed by atoms with Crippen molar-refractivity contribution in [3.63, 3.8) is 0 Å². The highest BCUT2D eigenvalue weighted by Gasteiger charge is 2.40. The first-order valence-electron chi connectivity index (χ1n) is 8.53. The number of aromatic nitrogens is 4. The number of hydrogen-bond acceptors (Lipinski definition) is 4. The number of carbonyl (C=O) groups excluding carboxylic acids is 1. The molecule has 0 radical (unpaired) electrons. The fourth-order valence-corrected chi connectivity index (χ4v) is 2.98. The lowest BCUT2D eigenvalue weighted by Crippen LogP contribution is -2.28. The van der Waals surface area contributed by atoms with E-state index in [1.54, 1.807) is 0 Å². The number of nitrogens with zero attached hydrogens (tertiary/aromatic N) is 3. The fourth-order valence-electron chi connectivity index (χ4n) is 2.98. The summed E-state index contributed by atoms with van der Waals surface area (Å²) in [5.74, 6) is -1.09. The number of H-pyrrole nitrogens is 1. The minimum absolute atomic E-state index is 0.242. The third-order valence-corrected chi connectivity index (χ3v) is 4.28. The molecule has 0 bridgehead atoms. The van der Waals surface area contributed by atoms with Gasteiger partial charge in [-0.3, -0.25) is 9.59 Å². The van der Waals surface area contributed by atoms with E-state index in [1.807, 2.05) is 5.10 Å². The highest BCUT2D eigenvalue weighted by Crippen LogP contribution is 2.33. The number of halogens is 3. The zero-order valence-corrected chi connectivity index (χ0v) is 14.3. The van der Waals surface area contributed by atoms with Gasteiger partial charge >= 0.3 is 6.18 Å². The van der Waals surface area contributed by atoms with Gasteiger partial charge in [0, 0.05) is 12.6 Å². The van der Waals surface area contributed by atoms with Crippen LogP contribution in [0.15, 0.2) is 34.8 Å². The summed E-state index contributed by atoms with van der Waals surface area (Å²) in [4.78, 5) is 23.3.